The van der Waals surface area contributed by atoms with Crippen LogP contribution in [0.3, 0.4) is 0 Å². The molecule has 2 heteroatoms. The van der Waals surface area contributed by atoms with E-state index in [2.05, 4.69) is 36.9 Å². The lowest BCUT2D eigenvalue weighted by Crippen LogP contribution is -2.33. The zero-order valence-corrected chi connectivity index (χ0v) is 9.48. The third-order valence-electron chi connectivity index (χ3n) is 2.61. The Labute approximate surface area is 92.1 Å². The zero-order valence-electron chi connectivity index (χ0n) is 9.48. The lowest BCUT2D eigenvalue weighted by Gasteiger charge is -2.24. The zero-order chi connectivity index (χ0) is 11.1. The van der Waals surface area contributed by atoms with Crippen LogP contribution in [0.2, 0.25) is 0 Å². The molecule has 0 amide bonds. The Morgan fingerprint density at radius 1 is 1.27 bits per heavy atom. The number of nitriles is 1. The van der Waals surface area contributed by atoms with Crippen molar-refractivity contribution in [1.82, 2.24) is 4.90 Å². The fraction of sp³-hybridized carbons (Fsp3) is 0.462. The molecule has 0 saturated heterocycles. The fourth-order valence-corrected chi connectivity index (χ4v) is 1.69. The van der Waals surface area contributed by atoms with Crippen LogP contribution in [0.15, 0.2) is 30.3 Å². The highest BCUT2D eigenvalue weighted by Gasteiger charge is 2.13. The molecule has 0 saturated carbocycles. The summed E-state index contributed by atoms with van der Waals surface area (Å²) in [5.74, 6) is 0. The first-order chi connectivity index (χ1) is 7.31. The van der Waals surface area contributed by atoms with Crippen molar-refractivity contribution in [2.45, 2.75) is 32.9 Å². The van der Waals surface area contributed by atoms with E-state index in [0.717, 1.165) is 19.5 Å². The van der Waals surface area contributed by atoms with Gasteiger partial charge < -0.3 is 0 Å². The second-order valence-electron chi connectivity index (χ2n) is 3.60. The van der Waals surface area contributed by atoms with Gasteiger partial charge in [-0.1, -0.05) is 44.2 Å². The summed E-state index contributed by atoms with van der Waals surface area (Å²) in [7, 11) is 0. The van der Waals surface area contributed by atoms with Gasteiger partial charge in [-0.2, -0.15) is 5.26 Å². The van der Waals surface area contributed by atoms with E-state index in [1.807, 2.05) is 18.2 Å². The van der Waals surface area contributed by atoms with Gasteiger partial charge in [0.15, 0.2) is 0 Å². The Bertz CT molecular complexity index is 313. The average Bonchev–Trinajstić information content (AvgIpc) is 2.30. The Balaban J connectivity index is 2.66. The highest BCUT2D eigenvalue weighted by molar-refractivity contribution is 5.15. The first-order valence-corrected chi connectivity index (χ1v) is 5.49. The van der Waals surface area contributed by atoms with Gasteiger partial charge in [0.1, 0.15) is 0 Å². The second kappa shape index (κ2) is 6.21. The van der Waals surface area contributed by atoms with E-state index in [1.165, 1.54) is 5.56 Å². The fourth-order valence-electron chi connectivity index (χ4n) is 1.69. The molecule has 80 valence electrons. The first kappa shape index (κ1) is 11.7. The molecule has 0 heterocycles. The smallest absolute Gasteiger partial charge is 0.0978 e. The normalized spacial score (nSPS) is 12.4. The molecule has 0 N–H and O–H groups in total. The van der Waals surface area contributed by atoms with Crippen LogP contribution in [0.25, 0.3) is 0 Å². The van der Waals surface area contributed by atoms with Crippen molar-refractivity contribution in [2.75, 3.05) is 6.54 Å². The summed E-state index contributed by atoms with van der Waals surface area (Å²) in [4.78, 5) is 2.20. The van der Waals surface area contributed by atoms with Gasteiger partial charge in [0.05, 0.1) is 12.1 Å². The Hall–Kier alpha value is -1.33. The van der Waals surface area contributed by atoms with Crippen LogP contribution in [0, 0.1) is 11.3 Å². The van der Waals surface area contributed by atoms with Crippen molar-refractivity contribution < 1.29 is 0 Å². The standard InChI is InChI=1S/C13H18N2/c1-3-13(10-14)15(4-2)11-12-8-6-5-7-9-12/h5-9,13H,3-4,11H2,1-2H3. The van der Waals surface area contributed by atoms with Crippen LogP contribution in [0.5, 0.6) is 0 Å². The molecule has 0 aliphatic rings. The van der Waals surface area contributed by atoms with Crippen LogP contribution >= 0.6 is 0 Å². The maximum atomic E-state index is 9.01. The molecule has 0 bridgehead atoms. The van der Waals surface area contributed by atoms with Gasteiger partial charge in [0, 0.05) is 6.54 Å². The summed E-state index contributed by atoms with van der Waals surface area (Å²) >= 11 is 0. The van der Waals surface area contributed by atoms with Gasteiger partial charge >= 0.3 is 0 Å². The summed E-state index contributed by atoms with van der Waals surface area (Å²) in [6.45, 7) is 5.94. The second-order valence-corrected chi connectivity index (χ2v) is 3.60. The third kappa shape index (κ3) is 3.38. The number of hydrogen-bond donors (Lipinski definition) is 0. The van der Waals surface area contributed by atoms with Crippen LogP contribution in [0.1, 0.15) is 25.8 Å². The van der Waals surface area contributed by atoms with Crippen molar-refractivity contribution in [1.29, 1.82) is 5.26 Å². The molecule has 0 fully saturated rings. The van der Waals surface area contributed by atoms with Gasteiger partial charge in [-0.25, -0.2) is 0 Å². The molecule has 1 rings (SSSR count). The van der Waals surface area contributed by atoms with Gasteiger partial charge in [-0.3, -0.25) is 4.90 Å². The van der Waals surface area contributed by atoms with Gasteiger partial charge in [0.2, 0.25) is 0 Å². The quantitative estimate of drug-likeness (QED) is 0.734. The minimum atomic E-state index is 0.0372. The highest BCUT2D eigenvalue weighted by atomic mass is 15.1. The van der Waals surface area contributed by atoms with E-state index in [0.29, 0.717) is 0 Å². The topological polar surface area (TPSA) is 27.0 Å². The largest absolute Gasteiger partial charge is 0.284 e. The van der Waals surface area contributed by atoms with E-state index >= 15 is 0 Å². The lowest BCUT2D eigenvalue weighted by molar-refractivity contribution is 0.232. The molecule has 0 aromatic heterocycles. The summed E-state index contributed by atoms with van der Waals surface area (Å²) in [5, 5.41) is 9.01. The van der Waals surface area contributed by atoms with Crippen LogP contribution in [-0.4, -0.2) is 17.5 Å². The number of rotatable bonds is 5. The molecule has 0 radical (unpaired) electrons. The number of benzene rings is 1. The summed E-state index contributed by atoms with van der Waals surface area (Å²) in [6, 6.07) is 12.7. The minimum absolute atomic E-state index is 0.0372. The Kier molecular flexibility index (Phi) is 4.86. The van der Waals surface area contributed by atoms with Gasteiger partial charge in [-0.15, -0.1) is 0 Å². The molecule has 1 aromatic carbocycles. The molecular formula is C13H18N2. The molecule has 1 atom stereocenters. The summed E-state index contributed by atoms with van der Waals surface area (Å²) < 4.78 is 0. The van der Waals surface area contributed by atoms with Crippen LogP contribution in [0.4, 0.5) is 0 Å². The monoisotopic (exact) mass is 202 g/mol. The van der Waals surface area contributed by atoms with Crippen molar-refractivity contribution >= 4 is 0 Å². The van der Waals surface area contributed by atoms with E-state index in [4.69, 9.17) is 5.26 Å². The highest BCUT2D eigenvalue weighted by Crippen LogP contribution is 2.09. The minimum Gasteiger partial charge on any atom is -0.284 e. The predicted octanol–water partition coefficient (Wildman–Crippen LogP) is 2.81. The summed E-state index contributed by atoms with van der Waals surface area (Å²) in [5.41, 5.74) is 1.27. The lowest BCUT2D eigenvalue weighted by atomic mass is 10.1. The molecule has 1 unspecified atom stereocenters. The average molecular weight is 202 g/mol. The van der Waals surface area contributed by atoms with Crippen LogP contribution in [-0.2, 0) is 6.54 Å². The van der Waals surface area contributed by atoms with E-state index in [-0.39, 0.29) is 6.04 Å². The molecular weight excluding hydrogens is 184 g/mol. The first-order valence-electron chi connectivity index (χ1n) is 5.49. The van der Waals surface area contributed by atoms with Crippen molar-refractivity contribution in [3.8, 4) is 6.07 Å². The molecule has 1 aromatic rings. The Morgan fingerprint density at radius 2 is 1.93 bits per heavy atom. The van der Waals surface area contributed by atoms with Crippen molar-refractivity contribution in [3.63, 3.8) is 0 Å². The molecule has 2 nitrogen and oxygen atoms in total. The molecule has 0 aliphatic carbocycles. The predicted molar refractivity (Wildman–Crippen MR) is 62.2 cm³/mol. The number of hydrogen-bond acceptors (Lipinski definition) is 2. The van der Waals surface area contributed by atoms with E-state index < -0.39 is 0 Å². The van der Waals surface area contributed by atoms with Crippen molar-refractivity contribution in [2.24, 2.45) is 0 Å². The number of nitrogens with zero attached hydrogens (tertiary/aromatic N) is 2. The Morgan fingerprint density at radius 3 is 2.40 bits per heavy atom. The molecule has 15 heavy (non-hydrogen) atoms. The van der Waals surface area contributed by atoms with E-state index in [1.54, 1.807) is 0 Å². The van der Waals surface area contributed by atoms with Gasteiger partial charge in [-0.05, 0) is 18.5 Å². The van der Waals surface area contributed by atoms with Crippen LogP contribution < -0.4 is 0 Å². The van der Waals surface area contributed by atoms with Gasteiger partial charge in [0.25, 0.3) is 0 Å². The third-order valence-corrected chi connectivity index (χ3v) is 2.61. The van der Waals surface area contributed by atoms with Crippen molar-refractivity contribution in [3.05, 3.63) is 35.9 Å². The summed E-state index contributed by atoms with van der Waals surface area (Å²) in [6.07, 6.45) is 0.886. The molecule has 0 aliphatic heterocycles. The maximum Gasteiger partial charge on any atom is 0.0978 e. The SMILES string of the molecule is CCC(C#N)N(CC)Cc1ccccc1. The molecule has 0 spiro atoms. The van der Waals surface area contributed by atoms with E-state index in [9.17, 15) is 0 Å². The maximum absolute atomic E-state index is 9.01.